The molecule has 4 N–H and O–H groups in total. The molecule has 0 aromatic carbocycles. The van der Waals surface area contributed by atoms with E-state index in [1.54, 1.807) is 0 Å². The van der Waals surface area contributed by atoms with Gasteiger partial charge in [0.15, 0.2) is 0 Å². The number of esters is 1. The summed E-state index contributed by atoms with van der Waals surface area (Å²) in [5.41, 5.74) is 10.9. The number of nitrogens with two attached hydrogens (primary N) is 2. The number of rotatable bonds is 12. The number of unbranched alkanes of at least 4 members (excludes halogenated alkanes) is 8. The third kappa shape index (κ3) is 14.1. The van der Waals surface area contributed by atoms with Crippen LogP contribution in [0.25, 0.3) is 0 Å². The molecule has 4 nitrogen and oxygen atoms in total. The molecule has 0 aliphatic rings. The highest BCUT2D eigenvalue weighted by atomic mass is 16.6. The van der Waals surface area contributed by atoms with Gasteiger partial charge in [-0.3, -0.25) is 4.79 Å². The fourth-order valence-electron chi connectivity index (χ4n) is 2.24. The molecule has 0 aliphatic carbocycles. The summed E-state index contributed by atoms with van der Waals surface area (Å²) < 4.78 is 5.27. The second-order valence-corrected chi connectivity index (χ2v) is 6.90. The van der Waals surface area contributed by atoms with Crippen LogP contribution in [0.1, 0.15) is 85.0 Å². The molecule has 0 rings (SSSR count). The molecule has 0 heterocycles. The van der Waals surface area contributed by atoms with Crippen molar-refractivity contribution in [2.45, 2.75) is 96.6 Å². The van der Waals surface area contributed by atoms with Gasteiger partial charge in [0, 0.05) is 0 Å². The lowest BCUT2D eigenvalue weighted by Gasteiger charge is -2.22. The first-order valence-electron chi connectivity index (χ1n) is 8.55. The maximum atomic E-state index is 11.7. The Morgan fingerprint density at radius 3 is 1.76 bits per heavy atom. The van der Waals surface area contributed by atoms with Gasteiger partial charge >= 0.3 is 5.97 Å². The minimum atomic E-state index is -0.472. The molecule has 0 aromatic heterocycles. The zero-order chi connectivity index (χ0) is 16.1. The van der Waals surface area contributed by atoms with Crippen molar-refractivity contribution in [2.24, 2.45) is 11.5 Å². The zero-order valence-corrected chi connectivity index (χ0v) is 14.3. The van der Waals surface area contributed by atoms with Gasteiger partial charge in [0.2, 0.25) is 0 Å². The van der Waals surface area contributed by atoms with Gasteiger partial charge in [-0.05, 0) is 40.2 Å². The average molecular weight is 300 g/mol. The normalized spacial score (nSPS) is 13.2. The Labute approximate surface area is 131 Å². The average Bonchev–Trinajstić information content (AvgIpc) is 2.38. The number of carbonyl (C=O) groups excluding carboxylic acids is 1. The Bertz CT molecular complexity index is 262. The van der Waals surface area contributed by atoms with Crippen molar-refractivity contribution in [3.8, 4) is 0 Å². The second kappa shape index (κ2) is 12.0. The lowest BCUT2D eigenvalue weighted by atomic mass is 10.0. The van der Waals surface area contributed by atoms with Crippen LogP contribution in [0, 0.1) is 0 Å². The predicted octanol–water partition coefficient (Wildman–Crippen LogP) is 3.52. The van der Waals surface area contributed by atoms with E-state index in [0.717, 1.165) is 32.2 Å². The van der Waals surface area contributed by atoms with Crippen molar-refractivity contribution < 1.29 is 9.53 Å². The Hall–Kier alpha value is -0.610. The molecule has 0 amide bonds. The summed E-state index contributed by atoms with van der Waals surface area (Å²) in [6, 6.07) is -0.472. The largest absolute Gasteiger partial charge is 0.459 e. The van der Waals surface area contributed by atoms with Gasteiger partial charge in [-0.15, -0.1) is 0 Å². The third-order valence-corrected chi connectivity index (χ3v) is 3.43. The number of hydrogen-bond donors (Lipinski definition) is 2. The van der Waals surface area contributed by atoms with Crippen LogP contribution < -0.4 is 11.5 Å². The fraction of sp³-hybridized carbons (Fsp3) is 0.941. The Kier molecular flexibility index (Phi) is 11.6. The topological polar surface area (TPSA) is 78.3 Å². The van der Waals surface area contributed by atoms with Gasteiger partial charge in [0.1, 0.15) is 11.6 Å². The van der Waals surface area contributed by atoms with Gasteiger partial charge < -0.3 is 16.2 Å². The first kappa shape index (κ1) is 20.4. The molecule has 0 aromatic rings. The smallest absolute Gasteiger partial charge is 0.323 e. The molecule has 0 bridgehead atoms. The maximum Gasteiger partial charge on any atom is 0.323 e. The van der Waals surface area contributed by atoms with E-state index in [-0.39, 0.29) is 5.97 Å². The van der Waals surface area contributed by atoms with Crippen LogP contribution in [0.5, 0.6) is 0 Å². The van der Waals surface area contributed by atoms with Crippen LogP contribution in [-0.2, 0) is 9.53 Å². The molecule has 21 heavy (non-hydrogen) atoms. The van der Waals surface area contributed by atoms with E-state index in [9.17, 15) is 4.79 Å². The van der Waals surface area contributed by atoms with Gasteiger partial charge in [0.05, 0.1) is 0 Å². The van der Waals surface area contributed by atoms with Crippen molar-refractivity contribution in [3.05, 3.63) is 0 Å². The van der Waals surface area contributed by atoms with Crippen LogP contribution in [0.4, 0.5) is 0 Å². The lowest BCUT2D eigenvalue weighted by molar-refractivity contribution is -0.156. The Morgan fingerprint density at radius 2 is 1.33 bits per heavy atom. The second-order valence-electron chi connectivity index (χ2n) is 6.90. The van der Waals surface area contributed by atoms with E-state index in [2.05, 4.69) is 0 Å². The molecule has 0 spiro atoms. The molecule has 0 radical (unpaired) electrons. The summed E-state index contributed by atoms with van der Waals surface area (Å²) in [6.07, 6.45) is 11.8. The molecular formula is C17H36N2O2. The van der Waals surface area contributed by atoms with Crippen LogP contribution in [0.3, 0.4) is 0 Å². The van der Waals surface area contributed by atoms with Crippen molar-refractivity contribution in [1.82, 2.24) is 0 Å². The molecule has 0 saturated heterocycles. The number of ether oxygens (including phenoxy) is 1. The van der Waals surface area contributed by atoms with E-state index in [1.165, 1.54) is 38.5 Å². The molecule has 0 fully saturated rings. The molecule has 126 valence electrons. The van der Waals surface area contributed by atoms with Crippen LogP contribution in [-0.4, -0.2) is 24.2 Å². The summed E-state index contributed by atoms with van der Waals surface area (Å²) in [4.78, 5) is 11.7. The quantitative estimate of drug-likeness (QED) is 0.427. The van der Waals surface area contributed by atoms with Crippen molar-refractivity contribution in [1.29, 1.82) is 0 Å². The minimum Gasteiger partial charge on any atom is -0.459 e. The van der Waals surface area contributed by atoms with Crippen LogP contribution >= 0.6 is 0 Å². The van der Waals surface area contributed by atoms with E-state index >= 15 is 0 Å². The van der Waals surface area contributed by atoms with E-state index in [1.807, 2.05) is 20.8 Å². The number of hydrogen-bond acceptors (Lipinski definition) is 4. The highest BCUT2D eigenvalue weighted by Crippen LogP contribution is 2.13. The summed E-state index contributed by atoms with van der Waals surface area (Å²) in [5, 5.41) is 0. The summed E-state index contributed by atoms with van der Waals surface area (Å²) in [5.74, 6) is -0.276. The Balaban J connectivity index is 3.40. The van der Waals surface area contributed by atoms with Crippen molar-refractivity contribution >= 4 is 5.97 Å². The van der Waals surface area contributed by atoms with E-state index in [4.69, 9.17) is 16.2 Å². The zero-order valence-electron chi connectivity index (χ0n) is 14.3. The van der Waals surface area contributed by atoms with Crippen LogP contribution in [0.15, 0.2) is 0 Å². The standard InChI is InChI=1S/C17H36N2O2/c1-17(2,3)21-16(20)15(19)13-11-9-7-5-4-6-8-10-12-14-18/h15H,4-14,18-19H2,1-3H3. The van der Waals surface area contributed by atoms with Gasteiger partial charge in [-0.25, -0.2) is 0 Å². The highest BCUT2D eigenvalue weighted by Gasteiger charge is 2.21. The van der Waals surface area contributed by atoms with Crippen LogP contribution in [0.2, 0.25) is 0 Å². The molecule has 0 saturated carbocycles. The van der Waals surface area contributed by atoms with Crippen molar-refractivity contribution in [2.75, 3.05) is 6.54 Å². The van der Waals surface area contributed by atoms with Crippen molar-refractivity contribution in [3.63, 3.8) is 0 Å². The molecule has 1 atom stereocenters. The third-order valence-electron chi connectivity index (χ3n) is 3.43. The first-order valence-corrected chi connectivity index (χ1v) is 8.55. The Morgan fingerprint density at radius 1 is 0.905 bits per heavy atom. The predicted molar refractivity (Wildman–Crippen MR) is 89.0 cm³/mol. The van der Waals surface area contributed by atoms with Gasteiger partial charge in [-0.2, -0.15) is 0 Å². The molecular weight excluding hydrogens is 264 g/mol. The lowest BCUT2D eigenvalue weighted by Crippen LogP contribution is -2.37. The maximum absolute atomic E-state index is 11.7. The molecule has 4 heteroatoms. The molecule has 0 aliphatic heterocycles. The van der Waals surface area contributed by atoms with Gasteiger partial charge in [0.25, 0.3) is 0 Å². The molecule has 1 unspecified atom stereocenters. The fourth-order valence-corrected chi connectivity index (χ4v) is 2.24. The van der Waals surface area contributed by atoms with Gasteiger partial charge in [-0.1, -0.05) is 51.4 Å². The SMILES string of the molecule is CC(C)(C)OC(=O)C(N)CCCCCCCCCCCN. The van der Waals surface area contributed by atoms with E-state index in [0.29, 0.717) is 0 Å². The first-order chi connectivity index (χ1) is 9.87. The minimum absolute atomic E-state index is 0.276. The monoisotopic (exact) mass is 300 g/mol. The number of carbonyl (C=O) groups is 1. The highest BCUT2D eigenvalue weighted by molar-refractivity contribution is 5.75. The summed E-state index contributed by atoms with van der Waals surface area (Å²) in [7, 11) is 0. The summed E-state index contributed by atoms with van der Waals surface area (Å²) >= 11 is 0. The van der Waals surface area contributed by atoms with E-state index < -0.39 is 11.6 Å². The summed E-state index contributed by atoms with van der Waals surface area (Å²) in [6.45, 7) is 6.42.